The molecule has 2 heterocycles. The van der Waals surface area contributed by atoms with Gasteiger partial charge in [-0.3, -0.25) is 4.79 Å². The Balaban J connectivity index is 2.13. The Morgan fingerprint density at radius 1 is 1.48 bits per heavy atom. The molecule has 23 heavy (non-hydrogen) atoms. The highest BCUT2D eigenvalue weighted by Gasteiger charge is 2.12. The number of thiazole rings is 1. The van der Waals surface area contributed by atoms with Gasteiger partial charge in [-0.1, -0.05) is 27.3 Å². The largest absolute Gasteiger partial charge is 0.383 e. The molecule has 3 aromatic rings. The van der Waals surface area contributed by atoms with Crippen molar-refractivity contribution in [2.75, 3.05) is 13.7 Å². The van der Waals surface area contributed by atoms with Gasteiger partial charge in [0.2, 0.25) is 5.82 Å². The Morgan fingerprint density at radius 2 is 2.30 bits per heavy atom. The minimum Gasteiger partial charge on any atom is -0.383 e. The van der Waals surface area contributed by atoms with Crippen molar-refractivity contribution < 1.29 is 9.53 Å². The predicted molar refractivity (Wildman–Crippen MR) is 92.5 cm³/mol. The van der Waals surface area contributed by atoms with Gasteiger partial charge in [0.15, 0.2) is 4.80 Å². The van der Waals surface area contributed by atoms with Crippen LogP contribution in [0.15, 0.2) is 40.1 Å². The second-order valence-electron chi connectivity index (χ2n) is 4.92. The summed E-state index contributed by atoms with van der Waals surface area (Å²) in [4.78, 5) is 21.3. The number of halogens is 1. The Morgan fingerprint density at radius 3 is 3.00 bits per heavy atom. The maximum absolute atomic E-state index is 12.4. The van der Waals surface area contributed by atoms with Gasteiger partial charge < -0.3 is 13.9 Å². The van der Waals surface area contributed by atoms with E-state index in [0.29, 0.717) is 23.8 Å². The lowest BCUT2D eigenvalue weighted by molar-refractivity contribution is 0.0984. The van der Waals surface area contributed by atoms with Crippen molar-refractivity contribution >= 4 is 43.4 Å². The topological polar surface area (TPSA) is 61.4 Å². The van der Waals surface area contributed by atoms with E-state index in [4.69, 9.17) is 4.74 Å². The van der Waals surface area contributed by atoms with Gasteiger partial charge in [0, 0.05) is 37.6 Å². The molecule has 0 unspecified atom stereocenters. The van der Waals surface area contributed by atoms with Gasteiger partial charge in [-0.25, -0.2) is 4.98 Å². The summed E-state index contributed by atoms with van der Waals surface area (Å²) in [6.45, 7) is 1.18. The summed E-state index contributed by atoms with van der Waals surface area (Å²) in [6.07, 6.45) is 3.31. The second-order valence-corrected chi connectivity index (χ2v) is 6.84. The van der Waals surface area contributed by atoms with Crippen LogP contribution in [0.3, 0.4) is 0 Å². The fourth-order valence-electron chi connectivity index (χ4n) is 2.24. The Kier molecular flexibility index (Phi) is 4.74. The quantitative estimate of drug-likeness (QED) is 0.682. The van der Waals surface area contributed by atoms with Crippen LogP contribution in [0.5, 0.6) is 0 Å². The fourth-order valence-corrected chi connectivity index (χ4v) is 3.85. The average Bonchev–Trinajstić information content (AvgIpc) is 3.08. The Bertz CT molecular complexity index is 925. The normalized spacial score (nSPS) is 12.2. The molecule has 0 bridgehead atoms. The number of carbonyl (C=O) groups is 1. The number of amides is 1. The van der Waals surface area contributed by atoms with Gasteiger partial charge in [0.25, 0.3) is 0 Å². The van der Waals surface area contributed by atoms with E-state index in [-0.39, 0.29) is 5.91 Å². The Hall–Kier alpha value is -1.77. The van der Waals surface area contributed by atoms with Gasteiger partial charge >= 0.3 is 5.91 Å². The van der Waals surface area contributed by atoms with Gasteiger partial charge in [0.1, 0.15) is 0 Å². The van der Waals surface area contributed by atoms with Crippen LogP contribution in [0.2, 0.25) is 0 Å². The van der Waals surface area contributed by atoms with E-state index in [2.05, 4.69) is 25.9 Å². The van der Waals surface area contributed by atoms with E-state index in [0.717, 1.165) is 14.7 Å². The number of rotatable bonds is 4. The number of ether oxygens (including phenoxy) is 1. The molecule has 3 rings (SSSR count). The molecule has 120 valence electrons. The first-order chi connectivity index (χ1) is 11.1. The molecule has 0 saturated carbocycles. The second kappa shape index (κ2) is 6.77. The van der Waals surface area contributed by atoms with Crippen LogP contribution in [-0.4, -0.2) is 33.7 Å². The first kappa shape index (κ1) is 16.1. The fraction of sp³-hybridized carbons (Fsp3) is 0.267. The summed E-state index contributed by atoms with van der Waals surface area (Å²) < 4.78 is 10.9. The molecule has 0 radical (unpaired) electrons. The molecule has 0 fully saturated rings. The molecule has 0 aliphatic carbocycles. The van der Waals surface area contributed by atoms with Crippen molar-refractivity contribution in [2.45, 2.75) is 6.54 Å². The van der Waals surface area contributed by atoms with E-state index < -0.39 is 0 Å². The van der Waals surface area contributed by atoms with Crippen LogP contribution in [0.1, 0.15) is 10.6 Å². The van der Waals surface area contributed by atoms with E-state index in [1.54, 1.807) is 31.1 Å². The van der Waals surface area contributed by atoms with Gasteiger partial charge in [-0.2, -0.15) is 4.99 Å². The standard InChI is InChI=1S/C15H15BrN4O2S/c1-19-6-5-17-13(19)14(21)18-15-20(7-8-22-2)11-4-3-10(16)9-12(11)23-15/h3-6,9H,7-8H2,1-2H3. The number of aromatic nitrogens is 3. The zero-order valence-electron chi connectivity index (χ0n) is 12.7. The molecule has 2 aromatic heterocycles. The van der Waals surface area contributed by atoms with Gasteiger partial charge in [-0.15, -0.1) is 0 Å². The highest BCUT2D eigenvalue weighted by atomic mass is 79.9. The van der Waals surface area contributed by atoms with Crippen molar-refractivity contribution in [1.29, 1.82) is 0 Å². The number of imidazole rings is 1. The maximum Gasteiger partial charge on any atom is 0.315 e. The SMILES string of the molecule is COCCn1c(=NC(=O)c2nccn2C)sc2cc(Br)ccc21. The molecular weight excluding hydrogens is 380 g/mol. The van der Waals surface area contributed by atoms with Crippen LogP contribution in [0.25, 0.3) is 10.2 Å². The number of hydrogen-bond acceptors (Lipinski definition) is 4. The van der Waals surface area contributed by atoms with Gasteiger partial charge in [0.05, 0.1) is 16.8 Å². The smallest absolute Gasteiger partial charge is 0.315 e. The molecule has 8 heteroatoms. The summed E-state index contributed by atoms with van der Waals surface area (Å²) >= 11 is 4.95. The lowest BCUT2D eigenvalue weighted by Gasteiger charge is -2.04. The Labute approximate surface area is 145 Å². The zero-order chi connectivity index (χ0) is 16.4. The van der Waals surface area contributed by atoms with Crippen molar-refractivity contribution in [3.63, 3.8) is 0 Å². The molecule has 0 saturated heterocycles. The van der Waals surface area contributed by atoms with Crippen molar-refractivity contribution in [3.8, 4) is 0 Å². The first-order valence-electron chi connectivity index (χ1n) is 6.94. The molecule has 1 amide bonds. The number of methoxy groups -OCH3 is 1. The molecule has 1 aromatic carbocycles. The lowest BCUT2D eigenvalue weighted by atomic mass is 10.3. The van der Waals surface area contributed by atoms with E-state index in [1.807, 2.05) is 22.8 Å². The third kappa shape index (κ3) is 3.29. The summed E-state index contributed by atoms with van der Waals surface area (Å²) in [7, 11) is 3.43. The van der Waals surface area contributed by atoms with Crippen LogP contribution in [0.4, 0.5) is 0 Å². The number of fused-ring (bicyclic) bond motifs is 1. The van der Waals surface area contributed by atoms with Crippen molar-refractivity contribution in [1.82, 2.24) is 14.1 Å². The third-order valence-electron chi connectivity index (χ3n) is 3.37. The van der Waals surface area contributed by atoms with Crippen molar-refractivity contribution in [3.05, 3.63) is 45.7 Å². The third-order valence-corrected chi connectivity index (χ3v) is 4.91. The number of nitrogens with zero attached hydrogens (tertiary/aromatic N) is 4. The summed E-state index contributed by atoms with van der Waals surface area (Å²) in [5.74, 6) is -0.0313. The molecule has 0 atom stereocenters. The summed E-state index contributed by atoms with van der Waals surface area (Å²) in [5, 5.41) is 0. The van der Waals surface area contributed by atoms with Gasteiger partial charge in [-0.05, 0) is 18.2 Å². The number of carbonyl (C=O) groups excluding carboxylic acids is 1. The monoisotopic (exact) mass is 394 g/mol. The number of benzene rings is 1. The highest BCUT2D eigenvalue weighted by Crippen LogP contribution is 2.22. The number of hydrogen-bond donors (Lipinski definition) is 0. The summed E-state index contributed by atoms with van der Waals surface area (Å²) in [5.41, 5.74) is 1.03. The molecule has 0 aliphatic heterocycles. The van der Waals surface area contributed by atoms with Crippen LogP contribution < -0.4 is 4.80 Å². The predicted octanol–water partition coefficient (Wildman–Crippen LogP) is 2.59. The molecule has 6 nitrogen and oxygen atoms in total. The van der Waals surface area contributed by atoms with E-state index >= 15 is 0 Å². The van der Waals surface area contributed by atoms with Crippen LogP contribution in [-0.2, 0) is 18.3 Å². The molecular formula is C15H15BrN4O2S. The van der Waals surface area contributed by atoms with E-state index in [1.165, 1.54) is 11.3 Å². The lowest BCUT2D eigenvalue weighted by Crippen LogP contribution is -2.20. The zero-order valence-corrected chi connectivity index (χ0v) is 15.1. The number of aryl methyl sites for hydroxylation is 1. The minimum atomic E-state index is -0.353. The minimum absolute atomic E-state index is 0.321. The van der Waals surface area contributed by atoms with Crippen molar-refractivity contribution in [2.24, 2.45) is 12.0 Å². The molecule has 0 aliphatic rings. The maximum atomic E-state index is 12.4. The highest BCUT2D eigenvalue weighted by molar-refractivity contribution is 9.10. The average molecular weight is 395 g/mol. The summed E-state index contributed by atoms with van der Waals surface area (Å²) in [6, 6.07) is 6.01. The molecule has 0 N–H and O–H groups in total. The molecule has 0 spiro atoms. The van der Waals surface area contributed by atoms with E-state index in [9.17, 15) is 4.79 Å². The van der Waals surface area contributed by atoms with Crippen LogP contribution in [0, 0.1) is 0 Å². The first-order valence-corrected chi connectivity index (χ1v) is 8.55. The van der Waals surface area contributed by atoms with Crippen LogP contribution >= 0.6 is 27.3 Å².